The smallest absolute Gasteiger partial charge is 0.417 e. The van der Waals surface area contributed by atoms with Crippen LogP contribution in [0.3, 0.4) is 0 Å². The molecule has 3 N–H and O–H groups in total. The van der Waals surface area contributed by atoms with Gasteiger partial charge in [-0.15, -0.1) is 0 Å². The van der Waals surface area contributed by atoms with Crippen LogP contribution in [0.5, 0.6) is 0 Å². The number of aromatic amines is 1. The van der Waals surface area contributed by atoms with Crippen LogP contribution in [0.15, 0.2) is 27.4 Å². The monoisotopic (exact) mass is 264 g/mol. The number of H-pyrrole nitrogens is 1. The van der Waals surface area contributed by atoms with E-state index < -0.39 is 24.1 Å². The molecule has 0 radical (unpaired) electrons. The second-order valence-electron chi connectivity index (χ2n) is 4.02. The first-order valence-electron chi connectivity index (χ1n) is 5.65. The molecule has 0 aliphatic heterocycles. The largest absolute Gasteiger partial charge is 0.481 e. The molecule has 1 aromatic heterocycles. The van der Waals surface area contributed by atoms with Crippen molar-refractivity contribution in [2.75, 3.05) is 6.54 Å². The molecule has 0 aliphatic carbocycles. The first-order chi connectivity index (χ1) is 9.04. The fraction of sp³-hybridized carbons (Fsp3) is 0.250. The number of aliphatic carboxylic acids is 1. The molecular formula is C12H12N2O5. The van der Waals surface area contributed by atoms with E-state index in [1.807, 2.05) is 0 Å². The van der Waals surface area contributed by atoms with Gasteiger partial charge in [0, 0.05) is 6.54 Å². The number of carboxylic acid groups (broad SMARTS) is 1. The maximum absolute atomic E-state index is 11.1. The van der Waals surface area contributed by atoms with Crippen molar-refractivity contribution in [1.29, 1.82) is 0 Å². The van der Waals surface area contributed by atoms with Gasteiger partial charge in [-0.1, -0.05) is 6.07 Å². The lowest BCUT2D eigenvalue weighted by Crippen LogP contribution is -2.27. The number of amides is 1. The maximum Gasteiger partial charge on any atom is 0.417 e. The van der Waals surface area contributed by atoms with Gasteiger partial charge in [0.2, 0.25) is 5.91 Å². The molecule has 2 aromatic rings. The highest BCUT2D eigenvalue weighted by Gasteiger charge is 2.07. The normalized spacial score (nSPS) is 10.5. The summed E-state index contributed by atoms with van der Waals surface area (Å²) in [4.78, 5) is 34.9. The SMILES string of the molecule is O=C(O)CC(=O)NCCc1ccc2oc(=O)[nH]c2c1. The van der Waals surface area contributed by atoms with Crippen molar-refractivity contribution in [3.8, 4) is 0 Å². The summed E-state index contributed by atoms with van der Waals surface area (Å²) in [5, 5.41) is 10.9. The third-order valence-electron chi connectivity index (χ3n) is 2.53. The number of hydrogen-bond donors (Lipinski definition) is 3. The minimum Gasteiger partial charge on any atom is -0.481 e. The highest BCUT2D eigenvalue weighted by molar-refractivity contribution is 5.93. The van der Waals surface area contributed by atoms with E-state index in [2.05, 4.69) is 10.3 Å². The molecule has 100 valence electrons. The van der Waals surface area contributed by atoms with E-state index in [9.17, 15) is 14.4 Å². The Morgan fingerprint density at radius 3 is 2.89 bits per heavy atom. The van der Waals surface area contributed by atoms with E-state index in [1.54, 1.807) is 18.2 Å². The minimum atomic E-state index is -1.16. The van der Waals surface area contributed by atoms with Gasteiger partial charge in [0.1, 0.15) is 6.42 Å². The van der Waals surface area contributed by atoms with E-state index in [1.165, 1.54) is 0 Å². The van der Waals surface area contributed by atoms with Gasteiger partial charge in [-0.05, 0) is 24.1 Å². The van der Waals surface area contributed by atoms with Crippen LogP contribution in [0.1, 0.15) is 12.0 Å². The second-order valence-corrected chi connectivity index (χ2v) is 4.02. The fourth-order valence-corrected chi connectivity index (χ4v) is 1.70. The molecule has 2 rings (SSSR count). The number of fused-ring (bicyclic) bond motifs is 1. The van der Waals surface area contributed by atoms with Crippen molar-refractivity contribution >= 4 is 23.0 Å². The first kappa shape index (κ1) is 12.9. The summed E-state index contributed by atoms with van der Waals surface area (Å²) in [6, 6.07) is 5.20. The van der Waals surface area contributed by atoms with Crippen LogP contribution in [-0.4, -0.2) is 28.5 Å². The van der Waals surface area contributed by atoms with E-state index in [0.29, 0.717) is 24.1 Å². The molecule has 0 saturated carbocycles. The van der Waals surface area contributed by atoms with Gasteiger partial charge in [0.15, 0.2) is 5.58 Å². The predicted octanol–water partition coefficient (Wildman–Crippen LogP) is 0.254. The summed E-state index contributed by atoms with van der Waals surface area (Å²) in [7, 11) is 0. The van der Waals surface area contributed by atoms with E-state index in [4.69, 9.17) is 9.52 Å². The Hall–Kier alpha value is -2.57. The Balaban J connectivity index is 1.92. The maximum atomic E-state index is 11.1. The average molecular weight is 264 g/mol. The van der Waals surface area contributed by atoms with Crippen molar-refractivity contribution in [2.24, 2.45) is 0 Å². The lowest BCUT2D eigenvalue weighted by atomic mass is 10.1. The molecule has 19 heavy (non-hydrogen) atoms. The van der Waals surface area contributed by atoms with Gasteiger partial charge in [0.05, 0.1) is 5.52 Å². The van der Waals surface area contributed by atoms with Crippen LogP contribution in [-0.2, 0) is 16.0 Å². The topological polar surface area (TPSA) is 112 Å². The second kappa shape index (κ2) is 5.38. The van der Waals surface area contributed by atoms with Crippen molar-refractivity contribution in [1.82, 2.24) is 10.3 Å². The zero-order chi connectivity index (χ0) is 13.8. The zero-order valence-corrected chi connectivity index (χ0v) is 9.93. The molecule has 0 fully saturated rings. The van der Waals surface area contributed by atoms with Crippen LogP contribution >= 0.6 is 0 Å². The van der Waals surface area contributed by atoms with Gasteiger partial charge < -0.3 is 14.8 Å². The molecular weight excluding hydrogens is 252 g/mol. The number of hydrogen-bond acceptors (Lipinski definition) is 4. The minimum absolute atomic E-state index is 0.333. The first-order valence-corrected chi connectivity index (χ1v) is 5.65. The Labute approximate surface area is 107 Å². The van der Waals surface area contributed by atoms with Gasteiger partial charge in [-0.25, -0.2) is 4.79 Å². The van der Waals surface area contributed by atoms with Crippen LogP contribution in [0, 0.1) is 0 Å². The number of oxazole rings is 1. The highest BCUT2D eigenvalue weighted by Crippen LogP contribution is 2.12. The van der Waals surface area contributed by atoms with E-state index >= 15 is 0 Å². The summed E-state index contributed by atoms with van der Waals surface area (Å²) >= 11 is 0. The molecule has 0 unspecified atom stereocenters. The number of carbonyl (C=O) groups excluding carboxylic acids is 1. The van der Waals surface area contributed by atoms with Gasteiger partial charge in [-0.3, -0.25) is 14.6 Å². The summed E-state index contributed by atoms with van der Waals surface area (Å²) in [6.07, 6.45) is 0.00257. The van der Waals surface area contributed by atoms with Crippen LogP contribution in [0.25, 0.3) is 11.1 Å². The third-order valence-corrected chi connectivity index (χ3v) is 2.53. The molecule has 1 aromatic carbocycles. The number of rotatable bonds is 5. The third kappa shape index (κ3) is 3.44. The molecule has 1 heterocycles. The molecule has 7 heteroatoms. The van der Waals surface area contributed by atoms with Crippen molar-refractivity contribution in [3.05, 3.63) is 34.3 Å². The number of benzene rings is 1. The van der Waals surface area contributed by atoms with Crippen LogP contribution in [0.2, 0.25) is 0 Å². The van der Waals surface area contributed by atoms with Crippen LogP contribution in [0.4, 0.5) is 0 Å². The highest BCUT2D eigenvalue weighted by atomic mass is 16.4. The average Bonchev–Trinajstić information content (AvgIpc) is 2.67. The van der Waals surface area contributed by atoms with E-state index in [-0.39, 0.29) is 0 Å². The van der Waals surface area contributed by atoms with Crippen molar-refractivity contribution in [2.45, 2.75) is 12.8 Å². The molecule has 0 spiro atoms. The van der Waals surface area contributed by atoms with E-state index in [0.717, 1.165) is 5.56 Å². The molecule has 1 amide bonds. The summed E-state index contributed by atoms with van der Waals surface area (Å²) in [5.74, 6) is -2.19. The standard InChI is InChI=1S/C12H12N2O5/c15-10(6-11(16)17)13-4-3-7-1-2-9-8(5-7)14-12(18)19-9/h1-2,5H,3-4,6H2,(H,13,15)(H,14,18)(H,16,17). The van der Waals surface area contributed by atoms with Crippen molar-refractivity contribution in [3.63, 3.8) is 0 Å². The molecule has 0 aliphatic rings. The molecule has 0 bridgehead atoms. The van der Waals surface area contributed by atoms with Gasteiger partial charge >= 0.3 is 11.7 Å². The molecule has 7 nitrogen and oxygen atoms in total. The molecule has 0 saturated heterocycles. The summed E-state index contributed by atoms with van der Waals surface area (Å²) < 4.78 is 4.86. The fourth-order valence-electron chi connectivity index (χ4n) is 1.70. The number of carboxylic acids is 1. The zero-order valence-electron chi connectivity index (χ0n) is 9.93. The van der Waals surface area contributed by atoms with Gasteiger partial charge in [0.25, 0.3) is 0 Å². The summed E-state index contributed by atoms with van der Waals surface area (Å²) in [6.45, 7) is 0.333. The molecule has 0 atom stereocenters. The Morgan fingerprint density at radius 1 is 1.37 bits per heavy atom. The Bertz CT molecular complexity index is 670. The lowest BCUT2D eigenvalue weighted by Gasteiger charge is -2.03. The Kier molecular flexibility index (Phi) is 3.65. The predicted molar refractivity (Wildman–Crippen MR) is 65.8 cm³/mol. The number of nitrogens with one attached hydrogen (secondary N) is 2. The van der Waals surface area contributed by atoms with Crippen LogP contribution < -0.4 is 11.1 Å². The number of aromatic nitrogens is 1. The number of carbonyl (C=O) groups is 2. The van der Waals surface area contributed by atoms with Crippen molar-refractivity contribution < 1.29 is 19.1 Å². The lowest BCUT2D eigenvalue weighted by molar-refractivity contribution is -0.140. The Morgan fingerprint density at radius 2 is 2.16 bits per heavy atom. The van der Waals surface area contributed by atoms with Gasteiger partial charge in [-0.2, -0.15) is 0 Å². The quantitative estimate of drug-likeness (QED) is 0.670. The summed E-state index contributed by atoms with van der Waals surface area (Å²) in [5.41, 5.74) is 1.98.